The van der Waals surface area contributed by atoms with E-state index >= 15 is 0 Å². The van der Waals surface area contributed by atoms with E-state index in [0.717, 1.165) is 31.3 Å². The molecule has 1 aliphatic carbocycles. The molecule has 1 aliphatic heterocycles. The van der Waals surface area contributed by atoms with E-state index in [-0.39, 0.29) is 5.54 Å². The lowest BCUT2D eigenvalue weighted by Gasteiger charge is -2.47. The van der Waals surface area contributed by atoms with E-state index in [2.05, 4.69) is 47.5 Å². The second-order valence-corrected chi connectivity index (χ2v) is 8.30. The van der Waals surface area contributed by atoms with E-state index in [1.54, 1.807) is 6.26 Å². The fourth-order valence-electron chi connectivity index (χ4n) is 3.53. The summed E-state index contributed by atoms with van der Waals surface area (Å²) in [6, 6.07) is 11.1. The number of nitrogens with one attached hydrogen (secondary N) is 1. The first-order valence-corrected chi connectivity index (χ1v) is 9.65. The highest BCUT2D eigenvalue weighted by Crippen LogP contribution is 2.42. The maximum Gasteiger partial charge on any atom is 0.0474 e. The van der Waals surface area contributed by atoms with Gasteiger partial charge in [0.15, 0.2) is 0 Å². The second-order valence-electron chi connectivity index (χ2n) is 6.75. The van der Waals surface area contributed by atoms with Gasteiger partial charge in [-0.1, -0.05) is 30.3 Å². The van der Waals surface area contributed by atoms with Crippen molar-refractivity contribution in [1.82, 2.24) is 10.2 Å². The summed E-state index contributed by atoms with van der Waals surface area (Å²) in [6.07, 6.45) is 4.51. The molecule has 3 atom stereocenters. The molecule has 1 saturated heterocycles. The average Bonchev–Trinajstić information content (AvgIpc) is 3.31. The number of piperazine rings is 1. The predicted octanol–water partition coefficient (Wildman–Crippen LogP) is 2.18. The topological polar surface area (TPSA) is 32.3 Å². The molecule has 3 unspecified atom stereocenters. The van der Waals surface area contributed by atoms with Crippen LogP contribution in [0.2, 0.25) is 0 Å². The largest absolute Gasteiger partial charge is 0.308 e. The van der Waals surface area contributed by atoms with Crippen molar-refractivity contribution >= 4 is 10.8 Å². The third kappa shape index (κ3) is 3.55. The van der Waals surface area contributed by atoms with Gasteiger partial charge < -0.3 is 5.32 Å². The quantitative estimate of drug-likeness (QED) is 0.905. The fourth-order valence-corrected chi connectivity index (χ4v) is 4.02. The van der Waals surface area contributed by atoms with Crippen LogP contribution in [0.3, 0.4) is 0 Å². The minimum absolute atomic E-state index is 0.237. The Bertz CT molecular complexity index is 503. The second kappa shape index (κ2) is 6.19. The SMILES string of the molecule is CS(=O)CCN1CC(C)(C2CC2)NCC1c1ccccc1. The van der Waals surface area contributed by atoms with Gasteiger partial charge in [-0.25, -0.2) is 0 Å². The number of hydrogen-bond acceptors (Lipinski definition) is 3. The van der Waals surface area contributed by atoms with E-state index in [9.17, 15) is 4.21 Å². The standard InChI is InChI=1S/C17H26N2OS/c1-17(15-8-9-15)13-19(10-11-21(2)20)16(12-18-17)14-6-4-3-5-7-14/h3-7,15-16,18H,8-13H2,1-2H3. The summed E-state index contributed by atoms with van der Waals surface area (Å²) in [7, 11) is -0.721. The maximum absolute atomic E-state index is 11.5. The van der Waals surface area contributed by atoms with E-state index < -0.39 is 10.8 Å². The van der Waals surface area contributed by atoms with Gasteiger partial charge in [0.05, 0.1) is 0 Å². The van der Waals surface area contributed by atoms with Gasteiger partial charge in [0.2, 0.25) is 0 Å². The van der Waals surface area contributed by atoms with Crippen molar-refractivity contribution in [3.63, 3.8) is 0 Å². The van der Waals surface area contributed by atoms with Crippen molar-refractivity contribution in [2.24, 2.45) is 5.92 Å². The van der Waals surface area contributed by atoms with E-state index in [1.807, 2.05) is 0 Å². The predicted molar refractivity (Wildman–Crippen MR) is 88.8 cm³/mol. The zero-order chi connectivity index (χ0) is 14.9. The number of benzene rings is 1. The number of rotatable bonds is 5. The van der Waals surface area contributed by atoms with Crippen molar-refractivity contribution in [3.8, 4) is 0 Å². The van der Waals surface area contributed by atoms with Crippen LogP contribution < -0.4 is 5.32 Å². The van der Waals surface area contributed by atoms with Crippen LogP contribution in [0.4, 0.5) is 0 Å². The molecule has 21 heavy (non-hydrogen) atoms. The Morgan fingerprint density at radius 3 is 2.67 bits per heavy atom. The minimum Gasteiger partial charge on any atom is -0.308 e. The van der Waals surface area contributed by atoms with Gasteiger partial charge in [0, 0.05) is 54.0 Å². The van der Waals surface area contributed by atoms with Gasteiger partial charge in [0.1, 0.15) is 0 Å². The van der Waals surface area contributed by atoms with Crippen LogP contribution in [-0.2, 0) is 10.8 Å². The molecule has 0 radical (unpaired) electrons. The monoisotopic (exact) mass is 306 g/mol. The van der Waals surface area contributed by atoms with E-state index in [4.69, 9.17) is 0 Å². The Morgan fingerprint density at radius 2 is 2.05 bits per heavy atom. The first-order chi connectivity index (χ1) is 10.1. The summed E-state index contributed by atoms with van der Waals surface area (Å²) in [6.45, 7) is 5.34. The highest BCUT2D eigenvalue weighted by atomic mass is 32.2. The molecular weight excluding hydrogens is 280 g/mol. The summed E-state index contributed by atoms with van der Waals surface area (Å²) in [4.78, 5) is 2.55. The van der Waals surface area contributed by atoms with E-state index in [1.165, 1.54) is 18.4 Å². The number of hydrogen-bond donors (Lipinski definition) is 1. The average molecular weight is 306 g/mol. The van der Waals surface area contributed by atoms with Gasteiger partial charge in [-0.15, -0.1) is 0 Å². The van der Waals surface area contributed by atoms with Crippen molar-refractivity contribution in [3.05, 3.63) is 35.9 Å². The minimum atomic E-state index is -0.721. The molecule has 1 aromatic carbocycles. The van der Waals surface area contributed by atoms with Gasteiger partial charge >= 0.3 is 0 Å². The Hall–Kier alpha value is -0.710. The Labute approximate surface area is 130 Å². The number of nitrogens with zero attached hydrogens (tertiary/aromatic N) is 1. The van der Waals surface area contributed by atoms with E-state index in [0.29, 0.717) is 6.04 Å². The van der Waals surface area contributed by atoms with Gasteiger partial charge in [0.25, 0.3) is 0 Å². The first kappa shape index (κ1) is 15.2. The molecule has 2 fully saturated rings. The van der Waals surface area contributed by atoms with Crippen LogP contribution in [0.1, 0.15) is 31.4 Å². The molecular formula is C17H26N2OS. The molecule has 0 aromatic heterocycles. The maximum atomic E-state index is 11.5. The van der Waals surface area contributed by atoms with Gasteiger partial charge in [-0.3, -0.25) is 9.11 Å². The molecule has 0 spiro atoms. The Balaban J connectivity index is 1.76. The third-order valence-corrected chi connectivity index (χ3v) is 5.76. The van der Waals surface area contributed by atoms with Crippen LogP contribution in [0.5, 0.6) is 0 Å². The normalized spacial score (nSPS) is 32.0. The molecule has 1 heterocycles. The molecule has 0 bridgehead atoms. The summed E-state index contributed by atoms with van der Waals surface area (Å²) >= 11 is 0. The zero-order valence-corrected chi connectivity index (χ0v) is 13.9. The summed E-state index contributed by atoms with van der Waals surface area (Å²) in [5.41, 5.74) is 1.60. The summed E-state index contributed by atoms with van der Waals surface area (Å²) in [5.74, 6) is 1.59. The first-order valence-electron chi connectivity index (χ1n) is 7.92. The van der Waals surface area contributed by atoms with Crippen LogP contribution in [0, 0.1) is 5.92 Å². The molecule has 1 aromatic rings. The molecule has 0 amide bonds. The van der Waals surface area contributed by atoms with Crippen LogP contribution in [0.25, 0.3) is 0 Å². The molecule has 4 heteroatoms. The zero-order valence-electron chi connectivity index (χ0n) is 13.0. The highest BCUT2D eigenvalue weighted by Gasteiger charge is 2.46. The van der Waals surface area contributed by atoms with Crippen molar-refractivity contribution in [2.45, 2.75) is 31.3 Å². The lowest BCUT2D eigenvalue weighted by molar-refractivity contribution is 0.0804. The van der Waals surface area contributed by atoms with Crippen LogP contribution in [-0.4, -0.2) is 46.3 Å². The summed E-state index contributed by atoms with van der Waals surface area (Å²) in [5, 5.41) is 3.81. The Kier molecular flexibility index (Phi) is 4.48. The van der Waals surface area contributed by atoms with Crippen molar-refractivity contribution in [2.75, 3.05) is 31.6 Å². The summed E-state index contributed by atoms with van der Waals surface area (Å²) < 4.78 is 11.5. The smallest absolute Gasteiger partial charge is 0.0474 e. The van der Waals surface area contributed by atoms with Crippen LogP contribution in [0.15, 0.2) is 30.3 Å². The van der Waals surface area contributed by atoms with Crippen LogP contribution >= 0.6 is 0 Å². The highest BCUT2D eigenvalue weighted by molar-refractivity contribution is 7.84. The lowest BCUT2D eigenvalue weighted by atomic mass is 9.89. The molecule has 116 valence electrons. The molecule has 1 saturated carbocycles. The van der Waals surface area contributed by atoms with Gasteiger partial charge in [-0.05, 0) is 31.2 Å². The molecule has 3 rings (SSSR count). The third-order valence-electron chi connectivity index (χ3n) is 5.00. The Morgan fingerprint density at radius 1 is 1.33 bits per heavy atom. The molecule has 3 nitrogen and oxygen atoms in total. The molecule has 1 N–H and O–H groups in total. The van der Waals surface area contributed by atoms with Crippen molar-refractivity contribution < 1.29 is 4.21 Å². The van der Waals surface area contributed by atoms with Crippen molar-refractivity contribution in [1.29, 1.82) is 0 Å². The fraction of sp³-hybridized carbons (Fsp3) is 0.647. The van der Waals surface area contributed by atoms with Gasteiger partial charge in [-0.2, -0.15) is 0 Å². The molecule has 2 aliphatic rings. The lowest BCUT2D eigenvalue weighted by Crippen LogP contribution is -2.61.